The molecule has 0 N–H and O–H groups in total. The molecule has 4 aliphatic carbocycles. The third kappa shape index (κ3) is 40.4. The molecule has 13 fully saturated rings. The molecule has 2 spiro atoms. The molecule has 13 rings (SSSR count). The molecule has 623 valence electrons. The van der Waals surface area contributed by atoms with Gasteiger partial charge in [-0.3, -0.25) is 19.6 Å². The van der Waals surface area contributed by atoms with Crippen LogP contribution in [0.1, 0.15) is 314 Å². The first-order valence-corrected chi connectivity index (χ1v) is 42.4. The van der Waals surface area contributed by atoms with E-state index in [1.54, 1.807) is 0 Å². The van der Waals surface area contributed by atoms with Crippen LogP contribution < -0.4 is 0 Å². The van der Waals surface area contributed by atoms with E-state index in [9.17, 15) is 0 Å². The zero-order chi connectivity index (χ0) is 76.8. The molecule has 0 aromatic heterocycles. The Balaban J connectivity index is 0. The number of hydrogen-bond acceptors (Lipinski definition) is 10. The summed E-state index contributed by atoms with van der Waals surface area (Å²) in [5.74, 6) is 3.74. The van der Waals surface area contributed by atoms with E-state index in [0.29, 0.717) is 45.9 Å². The van der Waals surface area contributed by atoms with E-state index >= 15 is 0 Å². The summed E-state index contributed by atoms with van der Waals surface area (Å²) in [6.45, 7) is 94.5. The molecule has 0 aromatic carbocycles. The fourth-order valence-electron chi connectivity index (χ4n) is 16.7. The Morgan fingerprint density at radius 2 is 0.897 bits per heavy atom. The van der Waals surface area contributed by atoms with Gasteiger partial charge in [0.05, 0.1) is 0 Å². The van der Waals surface area contributed by atoms with Crippen LogP contribution in [0.15, 0.2) is 0 Å². The molecule has 3 atom stereocenters. The van der Waals surface area contributed by atoms with Crippen molar-refractivity contribution in [3.8, 4) is 0 Å². The molecule has 0 amide bonds. The molecule has 10 nitrogen and oxygen atoms in total. The van der Waals surface area contributed by atoms with Crippen LogP contribution in [0.3, 0.4) is 0 Å². The van der Waals surface area contributed by atoms with E-state index in [2.05, 4.69) is 290 Å². The number of rotatable bonds is 7. The smallest absolute Gasteiger partial charge is 0.364 e. The molecule has 0 aromatic rings. The van der Waals surface area contributed by atoms with Crippen molar-refractivity contribution in [3.05, 3.63) is 73.1 Å². The minimum Gasteiger partial charge on any atom is -0.364 e. The summed E-state index contributed by atoms with van der Waals surface area (Å²) in [7, 11) is 2.24. The van der Waals surface area contributed by atoms with Crippen LogP contribution in [0.2, 0.25) is 0 Å². The van der Waals surface area contributed by atoms with Gasteiger partial charge >= 0.3 is 74.2 Å². The first-order valence-electron chi connectivity index (χ1n) is 42.4. The van der Waals surface area contributed by atoms with Crippen molar-refractivity contribution in [1.82, 2.24) is 44.1 Å². The van der Waals surface area contributed by atoms with Crippen molar-refractivity contribution in [2.75, 3.05) is 118 Å². The van der Waals surface area contributed by atoms with E-state index in [4.69, 9.17) is 4.74 Å². The number of piperidine rings is 5. The van der Waals surface area contributed by atoms with Crippen LogP contribution in [0.4, 0.5) is 0 Å². The number of hydrogen-bond donors (Lipinski definition) is 0. The topological polar surface area (TPSA) is 38.4 Å². The molecule has 107 heavy (non-hydrogen) atoms. The van der Waals surface area contributed by atoms with Crippen molar-refractivity contribution in [2.24, 2.45) is 34.5 Å². The second-order valence-corrected chi connectivity index (χ2v) is 42.1. The van der Waals surface area contributed by atoms with Crippen LogP contribution >= 0.6 is 0 Å². The average molecular weight is 1680 g/mol. The van der Waals surface area contributed by atoms with Crippen LogP contribution in [-0.2, 0) is 97.5 Å². The molecule has 5 radical (unpaired) electrons. The molecule has 15 heteroatoms. The summed E-state index contributed by atoms with van der Waals surface area (Å²) >= 11 is 0. The first-order chi connectivity index (χ1) is 47.1. The van der Waals surface area contributed by atoms with Gasteiger partial charge in [0, 0.05) is 114 Å². The molecule has 9 heterocycles. The third-order valence-corrected chi connectivity index (χ3v) is 25.2. The SMILES string of the molecule is CC(C)(C)N1CC2(CCC2)C1.CC(C)(C)N1CC2CC(C2)C1.CC(C)(C)N1CC2CCC1C2.CC(C)(C)N1C[CH-]CC[CH-]C1.CC(C)(C)N1C[CH-]CC[CH-]CC1.CN1CCC2(CCC2)CC1.[CH2-]C1C[CH-]CN(C(C)(C)C)C1.[CH2-]CC1(C[CH2-])CN(C(C)(C)C)CO1.[CH2-]CC[CH-]CN(C[CH2-])C(C)(C)C.[V+2].[V+2].[V+2].[V+2].[V]. The first kappa shape index (κ1) is 112. The molecule has 13 aliphatic rings. The van der Waals surface area contributed by atoms with Gasteiger partial charge < -0.3 is 102 Å². The van der Waals surface area contributed by atoms with Crippen molar-refractivity contribution in [2.45, 2.75) is 370 Å². The Morgan fingerprint density at radius 1 is 0.449 bits per heavy atom. The Bertz CT molecular complexity index is 2150. The summed E-state index contributed by atoms with van der Waals surface area (Å²) in [5, 5.41) is 0. The largest absolute Gasteiger partial charge is 2.00 e. The molecule has 9 aliphatic heterocycles. The van der Waals surface area contributed by atoms with Crippen LogP contribution in [0, 0.1) is 108 Å². The van der Waals surface area contributed by atoms with Crippen LogP contribution in [-0.4, -0.2) is 219 Å². The molecular weight excluding hydrogens is 1500 g/mol. The number of likely N-dealkylation sites (tertiary alicyclic amines) is 6. The second kappa shape index (κ2) is 50.6. The van der Waals surface area contributed by atoms with Crippen molar-refractivity contribution in [3.63, 3.8) is 0 Å². The molecular formula is C92H176N9OV5-3. The summed E-state index contributed by atoms with van der Waals surface area (Å²) in [6.07, 6.45) is 44.9. The fourth-order valence-corrected chi connectivity index (χ4v) is 16.7. The second-order valence-electron chi connectivity index (χ2n) is 42.1. The maximum atomic E-state index is 5.78. The van der Waals surface area contributed by atoms with Gasteiger partial charge in [0.1, 0.15) is 6.73 Å². The molecule has 4 saturated carbocycles. The number of nitrogens with zero attached hydrogens (tertiary/aromatic N) is 9. The van der Waals surface area contributed by atoms with Gasteiger partial charge in [-0.1, -0.05) is 12.8 Å². The van der Waals surface area contributed by atoms with E-state index in [1.165, 1.54) is 174 Å². The van der Waals surface area contributed by atoms with Crippen molar-refractivity contribution >= 4 is 0 Å². The maximum Gasteiger partial charge on any atom is 2.00 e. The summed E-state index contributed by atoms with van der Waals surface area (Å²) in [5.41, 5.74) is 4.20. The van der Waals surface area contributed by atoms with E-state index < -0.39 is 0 Å². The maximum absolute atomic E-state index is 5.78. The standard InChI is InChI=1S/C11H21NO.C11H21N.C11H22N.5C10H19N.C9H17N.5V/c1-6-11(7-2)8-12(9-13-11)10(3,4)5;1-11(2,3)12-9-7-5-4-6-8-10-12;1-6-8-9-10-12(7-2)11(3,4)5;1-10(2,3)11-6-8-4-9(5-8)7-11;1-10(2,3)11-7-8-4-5-9(11)6-8;1-9(2,3)11-7-10(8-11)5-4-6-10;1-9-6-5-7-11(8-9)10(2,3)4;1-10(2,3)11-8-6-4-5-7-9-11;1-10-7-5-9(6-8-10)3-2-4-9;;;;;/h1-2,6-9H2,3-5H3;5,8H,4,6-7,9-10H2,1-3H3;9H,1-2,6-8,10H2,3-5H3;2*8-9H,4-7H2,1-3H3;4-8H2,1-3H3;5,9H,1,6-8H2,2-4H3;6-7H,4-5,8-9H2,1-3H3;2-8H2,1H3;;;;;/q2*-2;-3;;;;2*-2;;;4*+2. The zero-order valence-electron chi connectivity index (χ0n) is 75.3. The van der Waals surface area contributed by atoms with Gasteiger partial charge in [0.25, 0.3) is 0 Å². The van der Waals surface area contributed by atoms with Gasteiger partial charge in [-0.2, -0.15) is 25.2 Å². The Kier molecular flexibility index (Phi) is 52.7. The number of fused-ring (bicyclic) bond motifs is 4. The van der Waals surface area contributed by atoms with E-state index in [0.717, 1.165) is 113 Å². The third-order valence-electron chi connectivity index (χ3n) is 25.2. The monoisotopic (exact) mass is 1680 g/mol. The molecule has 3 unspecified atom stereocenters. The number of ether oxygens (including phenoxy) is 1. The van der Waals surface area contributed by atoms with Gasteiger partial charge in [-0.05, 0) is 299 Å². The minimum absolute atomic E-state index is 0. The van der Waals surface area contributed by atoms with E-state index in [-0.39, 0.29) is 109 Å². The zero-order valence-corrected chi connectivity index (χ0v) is 82.3. The summed E-state index contributed by atoms with van der Waals surface area (Å²) < 4.78 is 5.78. The van der Waals surface area contributed by atoms with E-state index in [1.807, 2.05) is 0 Å². The molecule has 9 saturated heterocycles. The summed E-state index contributed by atoms with van der Waals surface area (Å²) in [6, 6.07) is 0.931. The van der Waals surface area contributed by atoms with Gasteiger partial charge in [0.2, 0.25) is 0 Å². The van der Waals surface area contributed by atoms with Crippen molar-refractivity contribution in [1.29, 1.82) is 0 Å². The van der Waals surface area contributed by atoms with Gasteiger partial charge in [-0.15, -0.1) is 39.3 Å². The quantitative estimate of drug-likeness (QED) is 0.182. The number of unbranched alkanes of at least 4 members (excludes halogenated alkanes) is 2. The minimum atomic E-state index is -0.0900. The molecule has 4 bridgehead atoms. The fraction of sp³-hybridized carbons (Fsp3) is 0.880. The predicted molar refractivity (Wildman–Crippen MR) is 448 cm³/mol. The normalized spacial score (nSPS) is 26.2. The van der Waals surface area contributed by atoms with Gasteiger partial charge in [0.15, 0.2) is 0 Å². The van der Waals surface area contributed by atoms with Crippen LogP contribution in [0.5, 0.6) is 0 Å². The van der Waals surface area contributed by atoms with Gasteiger partial charge in [-0.25, -0.2) is 44.9 Å². The summed E-state index contributed by atoms with van der Waals surface area (Å²) in [4.78, 5) is 22.6. The average Bonchev–Trinajstić information content (AvgIpc) is 1.72. The predicted octanol–water partition coefficient (Wildman–Crippen LogP) is 20.7. The Hall–Kier alpha value is 2.52. The Labute approximate surface area is 731 Å². The Morgan fingerprint density at radius 3 is 1.21 bits per heavy atom. The van der Waals surface area contributed by atoms with Crippen LogP contribution in [0.25, 0.3) is 0 Å². The van der Waals surface area contributed by atoms with Crippen molar-refractivity contribution < 1.29 is 97.5 Å².